The van der Waals surface area contributed by atoms with Gasteiger partial charge >= 0.3 is 5.97 Å². The van der Waals surface area contributed by atoms with E-state index in [1.54, 1.807) is 0 Å². The van der Waals surface area contributed by atoms with E-state index in [0.717, 1.165) is 0 Å². The van der Waals surface area contributed by atoms with Gasteiger partial charge in [0.2, 0.25) is 0 Å². The van der Waals surface area contributed by atoms with E-state index in [1.807, 2.05) is 13.8 Å². The molecule has 2 bridgehead atoms. The summed E-state index contributed by atoms with van der Waals surface area (Å²) in [4.78, 5) is 18.1. The summed E-state index contributed by atoms with van der Waals surface area (Å²) in [5.74, 6) is 0.218. The highest BCUT2D eigenvalue weighted by Crippen LogP contribution is 2.70. The topological polar surface area (TPSA) is 74.0 Å². The largest absolute Gasteiger partial charge is 0.469 e. The molecule has 142 valence electrons. The second-order valence-electron chi connectivity index (χ2n) is 9.75. The molecule has 2 saturated heterocycles. The molecule has 25 heavy (non-hydrogen) atoms. The highest BCUT2D eigenvalue weighted by atomic mass is 16.8. The molecule has 0 amide bonds. The van der Waals surface area contributed by atoms with Crippen molar-refractivity contribution >= 4 is 5.97 Å². The number of hydrogen-bond donors (Lipinski definition) is 1. The van der Waals surface area contributed by atoms with Gasteiger partial charge in [0.1, 0.15) is 6.23 Å². The fourth-order valence-electron chi connectivity index (χ4n) is 6.34. The summed E-state index contributed by atoms with van der Waals surface area (Å²) in [6.45, 7) is 11.2. The first-order valence-corrected chi connectivity index (χ1v) is 9.50. The van der Waals surface area contributed by atoms with E-state index in [0.29, 0.717) is 5.92 Å². The van der Waals surface area contributed by atoms with E-state index in [9.17, 15) is 4.79 Å². The van der Waals surface area contributed by atoms with Gasteiger partial charge in [-0.25, -0.2) is 0 Å². The van der Waals surface area contributed by atoms with E-state index >= 15 is 0 Å². The Balaban J connectivity index is 1.63. The van der Waals surface area contributed by atoms with E-state index in [-0.39, 0.29) is 53.6 Å². The summed E-state index contributed by atoms with van der Waals surface area (Å²) in [5.41, 5.74) is 6.37. The molecule has 0 spiro atoms. The molecule has 4 fully saturated rings. The fourth-order valence-corrected chi connectivity index (χ4v) is 6.34. The molecule has 0 aromatic heterocycles. The lowest BCUT2D eigenvalue weighted by Gasteiger charge is -2.39. The molecule has 7 atom stereocenters. The molecule has 4 aliphatic rings. The first-order valence-electron chi connectivity index (χ1n) is 9.50. The van der Waals surface area contributed by atoms with Crippen LogP contribution in [-0.2, 0) is 19.1 Å². The van der Waals surface area contributed by atoms with E-state index < -0.39 is 5.60 Å². The van der Waals surface area contributed by atoms with Crippen LogP contribution in [-0.4, -0.2) is 48.2 Å². The Hall–Kier alpha value is -0.690. The molecule has 6 heteroatoms. The number of nitrogens with zero attached hydrogens (tertiary/aromatic N) is 1. The van der Waals surface area contributed by atoms with Gasteiger partial charge in [-0.3, -0.25) is 9.63 Å². The van der Waals surface area contributed by atoms with Crippen molar-refractivity contribution in [3.05, 3.63) is 0 Å². The summed E-state index contributed by atoms with van der Waals surface area (Å²) in [5, 5.41) is 2.10. The molecule has 2 N–H and O–H groups in total. The summed E-state index contributed by atoms with van der Waals surface area (Å²) in [6, 6.07) is -0.0666. The zero-order valence-electron chi connectivity index (χ0n) is 16.2. The molecule has 0 radical (unpaired) electrons. The monoisotopic (exact) mass is 352 g/mol. The molecule has 6 nitrogen and oxygen atoms in total. The van der Waals surface area contributed by atoms with Crippen molar-refractivity contribution in [2.24, 2.45) is 28.4 Å². The minimum atomic E-state index is -0.462. The van der Waals surface area contributed by atoms with Gasteiger partial charge in [0, 0.05) is 17.4 Å². The molecule has 2 heterocycles. The number of methoxy groups -OCH3 is 1. The van der Waals surface area contributed by atoms with Crippen LogP contribution in [0, 0.1) is 22.7 Å². The zero-order chi connectivity index (χ0) is 18.4. The van der Waals surface area contributed by atoms with Crippen LogP contribution in [0.25, 0.3) is 0 Å². The highest BCUT2D eigenvalue weighted by Gasteiger charge is 2.74. The van der Waals surface area contributed by atoms with Gasteiger partial charge in [0.25, 0.3) is 0 Å². The Morgan fingerprint density at radius 2 is 2.00 bits per heavy atom. The van der Waals surface area contributed by atoms with Gasteiger partial charge in [0.05, 0.1) is 31.3 Å². The number of hydrogen-bond acceptors (Lipinski definition) is 6. The maximum atomic E-state index is 11.7. The van der Waals surface area contributed by atoms with Crippen molar-refractivity contribution < 1.29 is 19.1 Å². The third-order valence-corrected chi connectivity index (χ3v) is 8.10. The average Bonchev–Trinajstić information content (AvgIpc) is 3.10. The van der Waals surface area contributed by atoms with Crippen LogP contribution in [0.5, 0.6) is 0 Å². The van der Waals surface area contributed by atoms with Crippen LogP contribution < -0.4 is 5.73 Å². The van der Waals surface area contributed by atoms with Crippen molar-refractivity contribution in [3.8, 4) is 0 Å². The highest BCUT2D eigenvalue weighted by molar-refractivity contribution is 5.70. The lowest BCUT2D eigenvalue weighted by atomic mass is 9.70. The van der Waals surface area contributed by atoms with Crippen molar-refractivity contribution in [1.82, 2.24) is 5.06 Å². The van der Waals surface area contributed by atoms with Gasteiger partial charge in [-0.1, -0.05) is 20.8 Å². The summed E-state index contributed by atoms with van der Waals surface area (Å²) >= 11 is 0. The average molecular weight is 352 g/mol. The SMILES string of the molecule is COC(=O)C[C@H](N)[C@@H]1[C@H]2O[C@H]3[C@H]([C@@H]4CC[C@@]3(C)C4(C)C)N2OC1(C)C. The predicted octanol–water partition coefficient (Wildman–Crippen LogP) is 2.07. The maximum Gasteiger partial charge on any atom is 0.307 e. The molecule has 0 aromatic carbocycles. The maximum absolute atomic E-state index is 11.7. The Kier molecular flexibility index (Phi) is 3.67. The van der Waals surface area contributed by atoms with Gasteiger partial charge in [-0.2, -0.15) is 5.06 Å². The Morgan fingerprint density at radius 3 is 2.64 bits per heavy atom. The number of rotatable bonds is 3. The molecule has 0 unspecified atom stereocenters. The van der Waals surface area contributed by atoms with Crippen molar-refractivity contribution in [2.45, 2.75) is 83.9 Å². The molecule has 2 aliphatic heterocycles. The quantitative estimate of drug-likeness (QED) is 0.784. The van der Waals surface area contributed by atoms with E-state index in [1.165, 1.54) is 20.0 Å². The standard InChI is InChI=1S/C19H32N2O4/c1-17(2)10-7-8-19(17,5)15-14(10)21-16(24-15)13(18(3,4)25-21)11(20)9-12(22)23-6/h10-11,13-16H,7-9,20H2,1-6H3/t10-,11-,13+,14-,15-,16+,19+/m0/s1. The molecule has 2 aliphatic carbocycles. The van der Waals surface area contributed by atoms with Crippen molar-refractivity contribution in [3.63, 3.8) is 0 Å². The van der Waals surface area contributed by atoms with Gasteiger partial charge in [-0.05, 0) is 38.0 Å². The number of nitrogens with two attached hydrogens (primary N) is 1. The van der Waals surface area contributed by atoms with Gasteiger partial charge in [0.15, 0.2) is 0 Å². The number of fused-ring (bicyclic) bond motifs is 7. The fraction of sp³-hybridized carbons (Fsp3) is 0.947. The number of carbonyl (C=O) groups is 1. The predicted molar refractivity (Wildman–Crippen MR) is 92.2 cm³/mol. The number of ether oxygens (including phenoxy) is 2. The first-order chi connectivity index (χ1) is 11.5. The van der Waals surface area contributed by atoms with Crippen LogP contribution in [0.3, 0.4) is 0 Å². The molecule has 0 aromatic rings. The molecule has 4 rings (SSSR count). The third-order valence-electron chi connectivity index (χ3n) is 8.10. The smallest absolute Gasteiger partial charge is 0.307 e. The third kappa shape index (κ3) is 2.08. The van der Waals surface area contributed by atoms with Crippen molar-refractivity contribution in [1.29, 1.82) is 0 Å². The van der Waals surface area contributed by atoms with Crippen LogP contribution >= 0.6 is 0 Å². The minimum Gasteiger partial charge on any atom is -0.469 e. The zero-order valence-corrected chi connectivity index (χ0v) is 16.2. The van der Waals surface area contributed by atoms with Gasteiger partial charge < -0.3 is 15.2 Å². The van der Waals surface area contributed by atoms with E-state index in [2.05, 4.69) is 25.8 Å². The van der Waals surface area contributed by atoms with Crippen LogP contribution in [0.4, 0.5) is 0 Å². The molecule has 2 saturated carbocycles. The second-order valence-corrected chi connectivity index (χ2v) is 9.75. The van der Waals surface area contributed by atoms with Crippen molar-refractivity contribution in [2.75, 3.05) is 7.11 Å². The number of carbonyl (C=O) groups excluding carboxylic acids is 1. The summed E-state index contributed by atoms with van der Waals surface area (Å²) < 4.78 is 11.4. The molecular weight excluding hydrogens is 320 g/mol. The second kappa shape index (κ2) is 5.18. The lowest BCUT2D eigenvalue weighted by Crippen LogP contribution is -2.48. The Labute approximate surface area is 150 Å². The van der Waals surface area contributed by atoms with E-state index in [4.69, 9.17) is 20.0 Å². The van der Waals surface area contributed by atoms with Crippen LogP contribution in [0.2, 0.25) is 0 Å². The van der Waals surface area contributed by atoms with Crippen LogP contribution in [0.15, 0.2) is 0 Å². The molecular formula is C19H32N2O4. The lowest BCUT2D eigenvalue weighted by molar-refractivity contribution is -0.221. The van der Waals surface area contributed by atoms with Gasteiger partial charge in [-0.15, -0.1) is 0 Å². The summed E-state index contributed by atoms with van der Waals surface area (Å²) in [7, 11) is 1.40. The number of esters is 1. The normalized spacial score (nSPS) is 47.6. The summed E-state index contributed by atoms with van der Waals surface area (Å²) in [6.07, 6.45) is 2.61. The Bertz CT molecular complexity index is 592. The first kappa shape index (κ1) is 17.7. The number of hydroxylamine groups is 2. The Morgan fingerprint density at radius 1 is 1.32 bits per heavy atom. The minimum absolute atomic E-state index is 0.0664. The van der Waals surface area contributed by atoms with Crippen LogP contribution in [0.1, 0.15) is 53.9 Å².